The number of benzene rings is 1. The molecule has 1 unspecified atom stereocenters. The zero-order chi connectivity index (χ0) is 10.2. The first-order valence-corrected chi connectivity index (χ1v) is 4.74. The van der Waals surface area contributed by atoms with Crippen molar-refractivity contribution >= 4 is 6.08 Å². The van der Waals surface area contributed by atoms with Crippen molar-refractivity contribution in [2.24, 2.45) is 0 Å². The molecular formula is C13H15N. The fourth-order valence-electron chi connectivity index (χ4n) is 1.06. The molecule has 0 radical (unpaired) electrons. The Kier molecular flexibility index (Phi) is 4.54. The minimum absolute atomic E-state index is 0.135. The predicted molar refractivity (Wildman–Crippen MR) is 61.8 cm³/mol. The lowest BCUT2D eigenvalue weighted by atomic mass is 10.2. The summed E-state index contributed by atoms with van der Waals surface area (Å²) in [6.45, 7) is 2.77. The van der Waals surface area contributed by atoms with Crippen LogP contribution in [-0.2, 0) is 0 Å². The van der Waals surface area contributed by atoms with Crippen LogP contribution in [0.5, 0.6) is 0 Å². The topological polar surface area (TPSA) is 12.0 Å². The minimum atomic E-state index is 0.135. The Morgan fingerprint density at radius 2 is 2.14 bits per heavy atom. The molecular weight excluding hydrogens is 170 g/mol. The number of rotatable bonds is 4. The number of hydrogen-bond donors (Lipinski definition) is 1. The molecule has 72 valence electrons. The Balaban J connectivity index is 2.32. The lowest BCUT2D eigenvalue weighted by Crippen LogP contribution is -2.23. The van der Waals surface area contributed by atoms with E-state index < -0.39 is 0 Å². The van der Waals surface area contributed by atoms with Crippen molar-refractivity contribution in [2.45, 2.75) is 13.0 Å². The fourth-order valence-corrected chi connectivity index (χ4v) is 1.06. The van der Waals surface area contributed by atoms with Crippen LogP contribution >= 0.6 is 0 Å². The number of terminal acetylenes is 1. The normalized spacial score (nSPS) is 12.6. The summed E-state index contributed by atoms with van der Waals surface area (Å²) in [6, 6.07) is 10.3. The Morgan fingerprint density at radius 1 is 1.43 bits per heavy atom. The van der Waals surface area contributed by atoms with Crippen LogP contribution in [0.4, 0.5) is 0 Å². The third-order valence-electron chi connectivity index (χ3n) is 1.90. The summed E-state index contributed by atoms with van der Waals surface area (Å²) in [7, 11) is 0. The molecule has 0 aliphatic heterocycles. The highest BCUT2D eigenvalue weighted by atomic mass is 14.9. The summed E-state index contributed by atoms with van der Waals surface area (Å²) in [5, 5.41) is 3.18. The Hall–Kier alpha value is -1.52. The zero-order valence-electron chi connectivity index (χ0n) is 8.40. The van der Waals surface area contributed by atoms with Gasteiger partial charge in [-0.1, -0.05) is 48.4 Å². The average molecular weight is 185 g/mol. The van der Waals surface area contributed by atoms with Crippen molar-refractivity contribution < 1.29 is 0 Å². The molecule has 1 aromatic carbocycles. The van der Waals surface area contributed by atoms with Gasteiger partial charge < -0.3 is 5.32 Å². The molecule has 0 bridgehead atoms. The molecule has 0 aromatic heterocycles. The lowest BCUT2D eigenvalue weighted by molar-refractivity contribution is 0.704. The predicted octanol–water partition coefficient (Wildman–Crippen LogP) is 2.31. The third-order valence-corrected chi connectivity index (χ3v) is 1.90. The van der Waals surface area contributed by atoms with Crippen LogP contribution in [-0.4, -0.2) is 12.6 Å². The summed E-state index contributed by atoms with van der Waals surface area (Å²) < 4.78 is 0. The number of hydrogen-bond acceptors (Lipinski definition) is 1. The Morgan fingerprint density at radius 3 is 2.79 bits per heavy atom. The summed E-state index contributed by atoms with van der Waals surface area (Å²) in [6.07, 6.45) is 9.38. The molecule has 1 atom stereocenters. The van der Waals surface area contributed by atoms with Gasteiger partial charge in [-0.3, -0.25) is 0 Å². The van der Waals surface area contributed by atoms with E-state index in [0.29, 0.717) is 0 Å². The second-order valence-electron chi connectivity index (χ2n) is 3.11. The summed E-state index contributed by atoms with van der Waals surface area (Å²) in [4.78, 5) is 0. The van der Waals surface area contributed by atoms with Gasteiger partial charge in [0.15, 0.2) is 0 Å². The van der Waals surface area contributed by atoms with Crippen molar-refractivity contribution in [3.05, 3.63) is 42.0 Å². The molecule has 1 nitrogen and oxygen atoms in total. The summed E-state index contributed by atoms with van der Waals surface area (Å²) in [5.41, 5.74) is 1.21. The van der Waals surface area contributed by atoms with E-state index in [2.05, 4.69) is 35.5 Å². The maximum atomic E-state index is 5.23. The highest BCUT2D eigenvalue weighted by Gasteiger charge is 1.90. The minimum Gasteiger partial charge on any atom is -0.300 e. The quantitative estimate of drug-likeness (QED) is 0.710. The molecule has 0 fully saturated rings. The van der Waals surface area contributed by atoms with E-state index in [1.807, 2.05) is 25.1 Å². The van der Waals surface area contributed by atoms with Crippen LogP contribution in [0.25, 0.3) is 6.08 Å². The van der Waals surface area contributed by atoms with Crippen LogP contribution in [0.15, 0.2) is 36.4 Å². The first-order valence-electron chi connectivity index (χ1n) is 4.74. The number of nitrogens with one attached hydrogen (secondary N) is 1. The van der Waals surface area contributed by atoms with Crippen LogP contribution in [0.3, 0.4) is 0 Å². The molecule has 1 N–H and O–H groups in total. The van der Waals surface area contributed by atoms with Gasteiger partial charge in [-0.2, -0.15) is 0 Å². The van der Waals surface area contributed by atoms with Gasteiger partial charge >= 0.3 is 0 Å². The summed E-state index contributed by atoms with van der Waals surface area (Å²) >= 11 is 0. The van der Waals surface area contributed by atoms with Gasteiger partial charge in [0.05, 0.1) is 6.04 Å². The van der Waals surface area contributed by atoms with E-state index in [-0.39, 0.29) is 6.04 Å². The molecule has 0 saturated carbocycles. The van der Waals surface area contributed by atoms with Gasteiger partial charge in [-0.05, 0) is 12.5 Å². The molecule has 0 aliphatic rings. The van der Waals surface area contributed by atoms with E-state index >= 15 is 0 Å². The van der Waals surface area contributed by atoms with Gasteiger partial charge in [-0.25, -0.2) is 0 Å². The second kappa shape index (κ2) is 6.01. The van der Waals surface area contributed by atoms with Crippen molar-refractivity contribution in [1.29, 1.82) is 0 Å². The molecule has 1 aromatic rings. The van der Waals surface area contributed by atoms with Crippen molar-refractivity contribution in [1.82, 2.24) is 5.32 Å². The molecule has 0 saturated heterocycles. The average Bonchev–Trinajstić information content (AvgIpc) is 2.25. The smallest absolute Gasteiger partial charge is 0.0660 e. The van der Waals surface area contributed by atoms with Gasteiger partial charge in [0.2, 0.25) is 0 Å². The zero-order valence-corrected chi connectivity index (χ0v) is 8.40. The standard InChI is InChI=1S/C13H15N/c1-3-12(2)14-11-7-10-13-8-5-4-6-9-13/h1,4-10,12,14H,11H2,2H3/b10-7+. The molecule has 0 spiro atoms. The van der Waals surface area contributed by atoms with Crippen molar-refractivity contribution in [3.63, 3.8) is 0 Å². The maximum Gasteiger partial charge on any atom is 0.0660 e. The SMILES string of the molecule is C#CC(C)NC/C=C/c1ccccc1. The first kappa shape index (κ1) is 10.6. The highest BCUT2D eigenvalue weighted by molar-refractivity contribution is 5.48. The summed E-state index contributed by atoms with van der Waals surface area (Å²) in [5.74, 6) is 2.62. The van der Waals surface area contributed by atoms with E-state index in [0.717, 1.165) is 6.54 Å². The molecule has 0 aliphatic carbocycles. The second-order valence-corrected chi connectivity index (χ2v) is 3.11. The molecule has 0 heterocycles. The van der Waals surface area contributed by atoms with Crippen LogP contribution in [0.2, 0.25) is 0 Å². The Bertz CT molecular complexity index is 319. The van der Waals surface area contributed by atoms with Gasteiger partial charge in [-0.15, -0.1) is 6.42 Å². The van der Waals surface area contributed by atoms with E-state index in [1.54, 1.807) is 0 Å². The lowest BCUT2D eigenvalue weighted by Gasteiger charge is -2.02. The van der Waals surface area contributed by atoms with E-state index in [9.17, 15) is 0 Å². The van der Waals surface area contributed by atoms with E-state index in [4.69, 9.17) is 6.42 Å². The fraction of sp³-hybridized carbons (Fsp3) is 0.231. The van der Waals surface area contributed by atoms with Gasteiger partial charge in [0.25, 0.3) is 0 Å². The van der Waals surface area contributed by atoms with Crippen LogP contribution in [0, 0.1) is 12.3 Å². The largest absolute Gasteiger partial charge is 0.300 e. The monoisotopic (exact) mass is 185 g/mol. The van der Waals surface area contributed by atoms with Crippen molar-refractivity contribution in [3.8, 4) is 12.3 Å². The molecule has 1 heteroatoms. The van der Waals surface area contributed by atoms with Gasteiger partial charge in [0, 0.05) is 6.54 Å². The molecule has 1 rings (SSSR count). The van der Waals surface area contributed by atoms with Crippen LogP contribution in [0.1, 0.15) is 12.5 Å². The van der Waals surface area contributed by atoms with E-state index in [1.165, 1.54) is 5.56 Å². The third kappa shape index (κ3) is 3.93. The Labute approximate surface area is 85.8 Å². The van der Waals surface area contributed by atoms with Gasteiger partial charge in [0.1, 0.15) is 0 Å². The molecule has 14 heavy (non-hydrogen) atoms. The maximum absolute atomic E-state index is 5.23. The van der Waals surface area contributed by atoms with Crippen LogP contribution < -0.4 is 5.32 Å². The van der Waals surface area contributed by atoms with Crippen molar-refractivity contribution in [2.75, 3.05) is 6.54 Å². The molecule has 0 amide bonds. The highest BCUT2D eigenvalue weighted by Crippen LogP contribution is 1.99. The first-order chi connectivity index (χ1) is 6.83.